The molecule has 0 amide bonds. The van der Waals surface area contributed by atoms with E-state index < -0.39 is 0 Å². The first-order valence-electron chi connectivity index (χ1n) is 6.89. The van der Waals surface area contributed by atoms with Gasteiger partial charge in [-0.25, -0.2) is 0 Å². The molecule has 0 aliphatic heterocycles. The van der Waals surface area contributed by atoms with Crippen LogP contribution in [0.4, 0.5) is 0 Å². The molecule has 1 aromatic carbocycles. The fraction of sp³-hybridized carbons (Fsp3) is 0.562. The van der Waals surface area contributed by atoms with Crippen LogP contribution in [0.2, 0.25) is 0 Å². The Morgan fingerprint density at radius 3 is 2.50 bits per heavy atom. The van der Waals surface area contributed by atoms with Crippen LogP contribution in [0.25, 0.3) is 0 Å². The number of ether oxygens (including phenoxy) is 2. The third-order valence-corrected chi connectivity index (χ3v) is 3.15. The summed E-state index contributed by atoms with van der Waals surface area (Å²) in [6.07, 6.45) is 0.184. The first kappa shape index (κ1) is 16.5. The highest BCUT2D eigenvalue weighted by atomic mass is 16.5. The fourth-order valence-corrected chi connectivity index (χ4v) is 2.06. The first-order valence-corrected chi connectivity index (χ1v) is 6.89. The number of hydrogen-bond acceptors (Lipinski definition) is 4. The number of benzene rings is 1. The SMILES string of the molecule is CCOC(=O)CC(N)c1ccc(OC)c(C(C)(C)C)c1. The molecule has 0 aromatic heterocycles. The van der Waals surface area contributed by atoms with Gasteiger partial charge in [-0.3, -0.25) is 4.79 Å². The molecule has 0 fully saturated rings. The van der Waals surface area contributed by atoms with Gasteiger partial charge in [-0.15, -0.1) is 0 Å². The van der Waals surface area contributed by atoms with Crippen molar-refractivity contribution < 1.29 is 14.3 Å². The van der Waals surface area contributed by atoms with Gasteiger partial charge in [-0.05, 0) is 35.6 Å². The molecule has 4 heteroatoms. The predicted molar refractivity (Wildman–Crippen MR) is 79.9 cm³/mol. The van der Waals surface area contributed by atoms with Crippen LogP contribution in [0.1, 0.15) is 51.3 Å². The molecule has 0 aliphatic carbocycles. The van der Waals surface area contributed by atoms with Gasteiger partial charge in [0.25, 0.3) is 0 Å². The van der Waals surface area contributed by atoms with E-state index in [1.165, 1.54) is 0 Å². The lowest BCUT2D eigenvalue weighted by Crippen LogP contribution is -2.19. The Hall–Kier alpha value is -1.55. The van der Waals surface area contributed by atoms with Crippen molar-refractivity contribution in [3.8, 4) is 5.75 Å². The molecule has 2 N–H and O–H groups in total. The molecule has 112 valence electrons. The van der Waals surface area contributed by atoms with Crippen LogP contribution in [-0.2, 0) is 14.9 Å². The average Bonchev–Trinajstić information content (AvgIpc) is 2.37. The van der Waals surface area contributed by atoms with E-state index in [9.17, 15) is 4.79 Å². The molecule has 1 atom stereocenters. The van der Waals surface area contributed by atoms with Crippen LogP contribution in [0, 0.1) is 0 Å². The van der Waals surface area contributed by atoms with Crippen molar-refractivity contribution in [2.45, 2.75) is 45.6 Å². The van der Waals surface area contributed by atoms with Gasteiger partial charge in [0, 0.05) is 6.04 Å². The Morgan fingerprint density at radius 2 is 2.00 bits per heavy atom. The lowest BCUT2D eigenvalue weighted by molar-refractivity contribution is -0.143. The fourth-order valence-electron chi connectivity index (χ4n) is 2.06. The third-order valence-electron chi connectivity index (χ3n) is 3.15. The average molecular weight is 279 g/mol. The van der Waals surface area contributed by atoms with Gasteiger partial charge in [0.1, 0.15) is 5.75 Å². The van der Waals surface area contributed by atoms with E-state index in [4.69, 9.17) is 15.2 Å². The minimum Gasteiger partial charge on any atom is -0.496 e. The van der Waals surface area contributed by atoms with E-state index in [2.05, 4.69) is 20.8 Å². The second-order valence-corrected chi connectivity index (χ2v) is 5.83. The maximum atomic E-state index is 11.5. The quantitative estimate of drug-likeness (QED) is 0.842. The number of esters is 1. The van der Waals surface area contributed by atoms with Gasteiger partial charge in [-0.1, -0.05) is 26.8 Å². The standard InChI is InChI=1S/C16H25NO3/c1-6-20-15(18)10-13(17)11-7-8-14(19-5)12(9-11)16(2,3)4/h7-9,13H,6,10,17H2,1-5H3. The minimum atomic E-state index is -0.360. The zero-order valence-corrected chi connectivity index (χ0v) is 13.0. The van der Waals surface area contributed by atoms with Crippen molar-refractivity contribution in [2.75, 3.05) is 13.7 Å². The normalized spacial score (nSPS) is 12.9. The summed E-state index contributed by atoms with van der Waals surface area (Å²) in [7, 11) is 1.66. The van der Waals surface area contributed by atoms with E-state index >= 15 is 0 Å². The number of methoxy groups -OCH3 is 1. The van der Waals surface area contributed by atoms with E-state index in [0.29, 0.717) is 6.61 Å². The highest BCUT2D eigenvalue weighted by molar-refractivity contribution is 5.70. The summed E-state index contributed by atoms with van der Waals surface area (Å²) in [6.45, 7) is 8.51. The van der Waals surface area contributed by atoms with Gasteiger partial charge in [0.05, 0.1) is 20.1 Å². The molecule has 4 nitrogen and oxygen atoms in total. The van der Waals surface area contributed by atoms with E-state index in [1.807, 2.05) is 18.2 Å². The molecule has 0 spiro atoms. The van der Waals surface area contributed by atoms with Crippen LogP contribution in [0.3, 0.4) is 0 Å². The molecule has 0 bridgehead atoms. The Morgan fingerprint density at radius 1 is 1.35 bits per heavy atom. The molecule has 0 radical (unpaired) electrons. The van der Waals surface area contributed by atoms with Crippen molar-refractivity contribution in [2.24, 2.45) is 5.73 Å². The molecule has 1 rings (SSSR count). The number of nitrogens with two attached hydrogens (primary N) is 1. The Labute approximate surface area is 121 Å². The van der Waals surface area contributed by atoms with Gasteiger partial charge < -0.3 is 15.2 Å². The highest BCUT2D eigenvalue weighted by Gasteiger charge is 2.21. The summed E-state index contributed by atoms with van der Waals surface area (Å²) < 4.78 is 10.3. The molecule has 0 aliphatic rings. The molecule has 0 heterocycles. The van der Waals surface area contributed by atoms with E-state index in [-0.39, 0.29) is 23.8 Å². The Kier molecular flexibility index (Phi) is 5.57. The molecular formula is C16H25NO3. The maximum absolute atomic E-state index is 11.5. The van der Waals surface area contributed by atoms with Crippen LogP contribution >= 0.6 is 0 Å². The second kappa shape index (κ2) is 6.75. The van der Waals surface area contributed by atoms with Gasteiger partial charge >= 0.3 is 5.97 Å². The number of rotatable bonds is 5. The van der Waals surface area contributed by atoms with Gasteiger partial charge in [0.2, 0.25) is 0 Å². The van der Waals surface area contributed by atoms with Gasteiger partial charge in [-0.2, -0.15) is 0 Å². The summed E-state index contributed by atoms with van der Waals surface area (Å²) in [5, 5.41) is 0. The first-order chi connectivity index (χ1) is 9.29. The Balaban J connectivity index is 2.99. The topological polar surface area (TPSA) is 61.5 Å². The summed E-state index contributed by atoms with van der Waals surface area (Å²) >= 11 is 0. The molecule has 0 saturated heterocycles. The smallest absolute Gasteiger partial charge is 0.307 e. The van der Waals surface area contributed by atoms with E-state index in [1.54, 1.807) is 14.0 Å². The van der Waals surface area contributed by atoms with Crippen LogP contribution in [0.15, 0.2) is 18.2 Å². The van der Waals surface area contributed by atoms with Crippen molar-refractivity contribution in [3.63, 3.8) is 0 Å². The second-order valence-electron chi connectivity index (χ2n) is 5.83. The predicted octanol–water partition coefficient (Wildman–Crippen LogP) is 2.95. The lowest BCUT2D eigenvalue weighted by Gasteiger charge is -2.24. The number of carbonyl (C=O) groups is 1. The highest BCUT2D eigenvalue weighted by Crippen LogP contribution is 2.33. The molecule has 1 aromatic rings. The van der Waals surface area contributed by atoms with Crippen LogP contribution < -0.4 is 10.5 Å². The maximum Gasteiger partial charge on any atom is 0.307 e. The van der Waals surface area contributed by atoms with Crippen molar-refractivity contribution >= 4 is 5.97 Å². The summed E-state index contributed by atoms with van der Waals surface area (Å²) in [4.78, 5) is 11.5. The van der Waals surface area contributed by atoms with E-state index in [0.717, 1.165) is 16.9 Å². The zero-order valence-electron chi connectivity index (χ0n) is 13.0. The molecular weight excluding hydrogens is 254 g/mol. The molecule has 20 heavy (non-hydrogen) atoms. The zero-order chi connectivity index (χ0) is 15.3. The molecule has 0 saturated carbocycles. The largest absolute Gasteiger partial charge is 0.496 e. The number of hydrogen-bond donors (Lipinski definition) is 1. The summed E-state index contributed by atoms with van der Waals surface area (Å²) in [6, 6.07) is 5.46. The molecule has 1 unspecified atom stereocenters. The monoisotopic (exact) mass is 279 g/mol. The van der Waals surface area contributed by atoms with Crippen molar-refractivity contribution in [1.82, 2.24) is 0 Å². The number of carbonyl (C=O) groups excluding carboxylic acids is 1. The van der Waals surface area contributed by atoms with Crippen molar-refractivity contribution in [1.29, 1.82) is 0 Å². The van der Waals surface area contributed by atoms with Gasteiger partial charge in [0.15, 0.2) is 0 Å². The minimum absolute atomic E-state index is 0.0506. The van der Waals surface area contributed by atoms with Crippen LogP contribution in [0.5, 0.6) is 5.75 Å². The lowest BCUT2D eigenvalue weighted by atomic mass is 9.84. The van der Waals surface area contributed by atoms with Crippen molar-refractivity contribution in [3.05, 3.63) is 29.3 Å². The Bertz CT molecular complexity index is 463. The summed E-state index contributed by atoms with van der Waals surface area (Å²) in [5.74, 6) is 0.567. The third kappa shape index (κ3) is 4.23. The summed E-state index contributed by atoms with van der Waals surface area (Å²) in [5.41, 5.74) is 8.04. The van der Waals surface area contributed by atoms with Crippen LogP contribution in [-0.4, -0.2) is 19.7 Å².